The number of piperazine rings is 1. The lowest BCUT2D eigenvalue weighted by molar-refractivity contribution is -0.156. The lowest BCUT2D eigenvalue weighted by Crippen LogP contribution is -2.55. The molecular formula is C16H19BrN4O3. The summed E-state index contributed by atoms with van der Waals surface area (Å²) in [5.41, 5.74) is 1.57. The molecule has 0 radical (unpaired) electrons. The zero-order chi connectivity index (χ0) is 17.3. The number of rotatable bonds is 2. The van der Waals surface area contributed by atoms with Crippen LogP contribution in [0.2, 0.25) is 0 Å². The van der Waals surface area contributed by atoms with Gasteiger partial charge in [0.2, 0.25) is 0 Å². The Kier molecular flexibility index (Phi) is 4.96. The fraction of sp³-hybridized carbons (Fsp3) is 0.500. The van der Waals surface area contributed by atoms with E-state index >= 15 is 0 Å². The molecule has 0 aliphatic carbocycles. The number of aromatic nitrogens is 1. The van der Waals surface area contributed by atoms with Crippen LogP contribution >= 0.6 is 15.9 Å². The highest BCUT2D eigenvalue weighted by molar-refractivity contribution is 9.10. The third-order valence-electron chi connectivity index (χ3n) is 4.16. The molecule has 1 saturated heterocycles. The number of amides is 2. The first-order valence-corrected chi connectivity index (χ1v) is 8.67. The molecule has 24 heavy (non-hydrogen) atoms. The first-order chi connectivity index (χ1) is 11.4. The molecule has 4 heterocycles. The van der Waals surface area contributed by atoms with Crippen LogP contribution in [0.1, 0.15) is 18.3 Å². The van der Waals surface area contributed by atoms with E-state index in [4.69, 9.17) is 0 Å². The molecule has 0 N–H and O–H groups in total. The zero-order valence-corrected chi connectivity index (χ0v) is 15.1. The fourth-order valence-corrected chi connectivity index (χ4v) is 3.59. The van der Waals surface area contributed by atoms with Gasteiger partial charge < -0.3 is 9.80 Å². The molecule has 3 aliphatic heterocycles. The van der Waals surface area contributed by atoms with Crippen LogP contribution in [0, 0.1) is 0 Å². The van der Waals surface area contributed by atoms with Crippen LogP contribution in [0.4, 0.5) is 0 Å². The van der Waals surface area contributed by atoms with Crippen LogP contribution in [0.5, 0.6) is 0 Å². The highest BCUT2D eigenvalue weighted by Gasteiger charge is 2.33. The smallest absolute Gasteiger partial charge is 0.312 e. The minimum atomic E-state index is -0.483. The van der Waals surface area contributed by atoms with Crippen LogP contribution in [0.3, 0.4) is 0 Å². The van der Waals surface area contributed by atoms with Gasteiger partial charge >= 0.3 is 11.8 Å². The van der Waals surface area contributed by atoms with Gasteiger partial charge in [0.1, 0.15) is 5.78 Å². The Labute approximate surface area is 148 Å². The first-order valence-electron chi connectivity index (χ1n) is 7.87. The van der Waals surface area contributed by atoms with E-state index in [1.165, 1.54) is 0 Å². The van der Waals surface area contributed by atoms with Gasteiger partial charge in [-0.05, 0) is 19.1 Å². The minimum absolute atomic E-state index is 0.0598. The number of ketones is 1. The van der Waals surface area contributed by atoms with E-state index in [2.05, 4.69) is 20.9 Å². The van der Waals surface area contributed by atoms with Crippen LogP contribution < -0.4 is 0 Å². The van der Waals surface area contributed by atoms with E-state index in [1.807, 2.05) is 17.0 Å². The zero-order valence-electron chi connectivity index (χ0n) is 13.5. The van der Waals surface area contributed by atoms with Gasteiger partial charge in [0.05, 0.1) is 24.5 Å². The van der Waals surface area contributed by atoms with E-state index in [9.17, 15) is 14.4 Å². The van der Waals surface area contributed by atoms with E-state index in [-0.39, 0.29) is 5.78 Å². The predicted molar refractivity (Wildman–Crippen MR) is 89.9 cm³/mol. The van der Waals surface area contributed by atoms with Gasteiger partial charge in [0.15, 0.2) is 0 Å². The van der Waals surface area contributed by atoms with Gasteiger partial charge in [0.25, 0.3) is 0 Å². The number of pyridine rings is 1. The molecule has 7 nitrogen and oxygen atoms in total. The molecule has 128 valence electrons. The molecule has 0 saturated carbocycles. The van der Waals surface area contributed by atoms with Crippen molar-refractivity contribution in [3.8, 4) is 0 Å². The summed E-state index contributed by atoms with van der Waals surface area (Å²) in [5, 5.41) is 0. The number of Topliss-reactive ketones (excluding diaryl/α,β-unsaturated/α-hetero) is 1. The molecule has 1 aromatic rings. The monoisotopic (exact) mass is 394 g/mol. The summed E-state index contributed by atoms with van der Waals surface area (Å²) in [6.07, 6.45) is 0. The van der Waals surface area contributed by atoms with Crippen molar-refractivity contribution in [3.05, 3.63) is 28.0 Å². The third kappa shape index (κ3) is 3.81. The van der Waals surface area contributed by atoms with Gasteiger partial charge in [-0.2, -0.15) is 0 Å². The van der Waals surface area contributed by atoms with Crippen molar-refractivity contribution in [2.75, 3.05) is 32.7 Å². The SMILES string of the molecule is CC(=O)CN1CCN2CCN(Cc3cc(Br)cc(n3)C1)C(=O)C2=O. The normalized spacial score (nSPS) is 19.2. The molecule has 0 unspecified atom stereocenters. The Bertz CT molecular complexity index is 694. The third-order valence-corrected chi connectivity index (χ3v) is 4.62. The second-order valence-electron chi connectivity index (χ2n) is 6.20. The molecule has 4 bridgehead atoms. The maximum absolute atomic E-state index is 12.3. The molecule has 1 fully saturated rings. The predicted octanol–water partition coefficient (Wildman–Crippen LogP) is 0.420. The van der Waals surface area contributed by atoms with Gasteiger partial charge in [-0.25, -0.2) is 0 Å². The van der Waals surface area contributed by atoms with Crippen molar-refractivity contribution in [1.29, 1.82) is 0 Å². The van der Waals surface area contributed by atoms with Crippen molar-refractivity contribution >= 4 is 33.5 Å². The summed E-state index contributed by atoms with van der Waals surface area (Å²) in [6, 6.07) is 3.78. The summed E-state index contributed by atoms with van der Waals surface area (Å²) < 4.78 is 0.875. The van der Waals surface area contributed by atoms with Crippen molar-refractivity contribution in [1.82, 2.24) is 19.7 Å². The molecule has 8 heteroatoms. The van der Waals surface area contributed by atoms with Crippen LogP contribution in [0.15, 0.2) is 16.6 Å². The Morgan fingerprint density at radius 1 is 1.04 bits per heavy atom. The molecule has 1 aromatic heterocycles. The molecule has 2 amide bonds. The van der Waals surface area contributed by atoms with Crippen LogP contribution in [-0.2, 0) is 27.5 Å². The minimum Gasteiger partial charge on any atom is -0.331 e. The largest absolute Gasteiger partial charge is 0.331 e. The van der Waals surface area contributed by atoms with Crippen molar-refractivity contribution < 1.29 is 14.4 Å². The Balaban J connectivity index is 1.95. The number of halogens is 1. The summed E-state index contributed by atoms with van der Waals surface area (Å²) in [6.45, 7) is 4.67. The van der Waals surface area contributed by atoms with Gasteiger partial charge in [0, 0.05) is 37.2 Å². The molecular weight excluding hydrogens is 376 g/mol. The summed E-state index contributed by atoms with van der Waals surface area (Å²) in [5.74, 6) is -0.896. The van der Waals surface area contributed by atoms with Crippen LogP contribution in [-0.4, -0.2) is 70.0 Å². The number of nitrogens with zero attached hydrogens (tertiary/aromatic N) is 4. The lowest BCUT2D eigenvalue weighted by atomic mass is 10.2. The van der Waals surface area contributed by atoms with Crippen molar-refractivity contribution in [2.45, 2.75) is 20.0 Å². The number of hydrogen-bond acceptors (Lipinski definition) is 5. The average Bonchev–Trinajstić information content (AvgIpc) is 2.49. The second-order valence-corrected chi connectivity index (χ2v) is 7.12. The van der Waals surface area contributed by atoms with Crippen molar-refractivity contribution in [2.24, 2.45) is 0 Å². The average molecular weight is 395 g/mol. The Hall–Kier alpha value is -1.80. The number of carbonyl (C=O) groups is 3. The maximum Gasteiger partial charge on any atom is 0.312 e. The molecule has 4 rings (SSSR count). The number of fused-ring (bicyclic) bond motifs is 5. The topological polar surface area (TPSA) is 73.8 Å². The van der Waals surface area contributed by atoms with Crippen LogP contribution in [0.25, 0.3) is 0 Å². The first kappa shape index (κ1) is 17.0. The quantitative estimate of drug-likeness (QED) is 0.679. The maximum atomic E-state index is 12.3. The highest BCUT2D eigenvalue weighted by Crippen LogP contribution is 2.18. The standard InChI is InChI=1S/C16H19BrN4O3/c1-11(22)8-19-2-3-20-4-5-21(16(24)15(20)23)10-14-7-12(17)6-13(9-19)18-14/h6-7H,2-5,8-10H2,1H3. The van der Waals surface area contributed by atoms with E-state index in [0.717, 1.165) is 15.9 Å². The second kappa shape index (κ2) is 6.98. The Morgan fingerprint density at radius 3 is 2.33 bits per heavy atom. The highest BCUT2D eigenvalue weighted by atomic mass is 79.9. The molecule has 3 aliphatic rings. The van der Waals surface area contributed by atoms with Crippen molar-refractivity contribution in [3.63, 3.8) is 0 Å². The summed E-state index contributed by atoms with van der Waals surface area (Å²) in [7, 11) is 0. The Morgan fingerprint density at radius 2 is 1.62 bits per heavy atom. The summed E-state index contributed by atoms with van der Waals surface area (Å²) in [4.78, 5) is 45.8. The van der Waals surface area contributed by atoms with Gasteiger partial charge in [-0.15, -0.1) is 0 Å². The summed E-state index contributed by atoms with van der Waals surface area (Å²) >= 11 is 3.47. The fourth-order valence-electron chi connectivity index (χ4n) is 3.07. The van der Waals surface area contributed by atoms with E-state index in [1.54, 1.807) is 16.7 Å². The number of carbonyl (C=O) groups excluding carboxylic acids is 3. The molecule has 0 aromatic carbocycles. The molecule has 0 spiro atoms. The van der Waals surface area contributed by atoms with Gasteiger partial charge in [-0.3, -0.25) is 24.3 Å². The van der Waals surface area contributed by atoms with E-state index in [0.29, 0.717) is 45.8 Å². The van der Waals surface area contributed by atoms with E-state index < -0.39 is 11.8 Å². The lowest BCUT2D eigenvalue weighted by Gasteiger charge is -2.35. The number of hydrogen-bond donors (Lipinski definition) is 0. The van der Waals surface area contributed by atoms with Gasteiger partial charge in [-0.1, -0.05) is 15.9 Å². The molecule has 0 atom stereocenters.